The summed E-state index contributed by atoms with van der Waals surface area (Å²) in [5.74, 6) is -0.231. The molecule has 1 unspecified atom stereocenters. The minimum Gasteiger partial charge on any atom is -0.488 e. The molecule has 1 heterocycles. The third-order valence-corrected chi connectivity index (χ3v) is 4.27. The van der Waals surface area contributed by atoms with Crippen LogP contribution in [-0.4, -0.2) is 25.5 Å². The lowest BCUT2D eigenvalue weighted by Gasteiger charge is -2.23. The van der Waals surface area contributed by atoms with Gasteiger partial charge in [-0.25, -0.2) is 0 Å². The van der Waals surface area contributed by atoms with Gasteiger partial charge in [0.25, 0.3) is 0 Å². The summed E-state index contributed by atoms with van der Waals surface area (Å²) in [5.41, 5.74) is 1.42. The highest BCUT2D eigenvalue weighted by atomic mass is 16.5. The molecule has 128 valence electrons. The van der Waals surface area contributed by atoms with Gasteiger partial charge in [0, 0.05) is 5.41 Å². The van der Waals surface area contributed by atoms with E-state index in [0.29, 0.717) is 17.9 Å². The van der Waals surface area contributed by atoms with Gasteiger partial charge in [-0.05, 0) is 51.0 Å². The number of fused-ring (bicyclic) bond motifs is 1. The number of hydrogen-bond donors (Lipinski definition) is 0. The van der Waals surface area contributed by atoms with E-state index in [1.807, 2.05) is 51.1 Å². The Morgan fingerprint density at radius 2 is 2.00 bits per heavy atom. The van der Waals surface area contributed by atoms with Crippen LogP contribution in [0.3, 0.4) is 0 Å². The Labute approximate surface area is 143 Å². The maximum atomic E-state index is 13.1. The first kappa shape index (κ1) is 18.0. The fraction of sp³-hybridized carbons (Fsp3) is 0.400. The molecule has 1 aliphatic rings. The second-order valence-electron chi connectivity index (χ2n) is 6.61. The van der Waals surface area contributed by atoms with Crippen molar-refractivity contribution in [3.63, 3.8) is 0 Å². The van der Waals surface area contributed by atoms with Crippen LogP contribution in [0, 0.1) is 12.3 Å². The molecular weight excluding hydrogens is 304 g/mol. The summed E-state index contributed by atoms with van der Waals surface area (Å²) in [6.45, 7) is 7.79. The first-order valence-corrected chi connectivity index (χ1v) is 8.02. The quantitative estimate of drug-likeness (QED) is 0.771. The van der Waals surface area contributed by atoms with E-state index in [9.17, 15) is 9.59 Å². The standard InChI is InChI=1S/C20H24O4/c1-13-11-15(14(2)19(22)23-5)12-16-17(13)24-10-8-6-7-9-20(3,4)18(16)21/h6-9,11-12,14H,10H2,1-5H3/b8-6-,9-7-. The van der Waals surface area contributed by atoms with Crippen LogP contribution >= 0.6 is 0 Å². The molecule has 0 saturated heterocycles. The molecule has 4 nitrogen and oxygen atoms in total. The van der Waals surface area contributed by atoms with Crippen LogP contribution in [-0.2, 0) is 9.53 Å². The molecule has 0 fully saturated rings. The molecule has 1 aromatic carbocycles. The summed E-state index contributed by atoms with van der Waals surface area (Å²) < 4.78 is 10.6. The van der Waals surface area contributed by atoms with Gasteiger partial charge in [-0.3, -0.25) is 9.59 Å². The van der Waals surface area contributed by atoms with E-state index in [4.69, 9.17) is 9.47 Å². The summed E-state index contributed by atoms with van der Waals surface area (Å²) in [4.78, 5) is 24.9. The number of esters is 1. The molecule has 0 aromatic heterocycles. The second kappa shape index (κ2) is 7.04. The maximum absolute atomic E-state index is 13.1. The lowest BCUT2D eigenvalue weighted by molar-refractivity contribution is -0.142. The summed E-state index contributed by atoms with van der Waals surface area (Å²) in [6.07, 6.45) is 7.52. The molecule has 0 saturated carbocycles. The molecule has 0 bridgehead atoms. The Morgan fingerprint density at radius 1 is 1.29 bits per heavy atom. The number of aryl methyl sites for hydroxylation is 1. The van der Waals surface area contributed by atoms with Crippen molar-refractivity contribution in [2.24, 2.45) is 5.41 Å². The van der Waals surface area contributed by atoms with Crippen molar-refractivity contribution in [1.82, 2.24) is 0 Å². The Bertz CT molecular complexity index is 711. The van der Waals surface area contributed by atoms with E-state index in [0.717, 1.165) is 11.1 Å². The Hall–Kier alpha value is -2.36. The maximum Gasteiger partial charge on any atom is 0.312 e. The van der Waals surface area contributed by atoms with Crippen LogP contribution < -0.4 is 4.74 Å². The average Bonchev–Trinajstić information content (AvgIpc) is 2.55. The topological polar surface area (TPSA) is 52.6 Å². The highest BCUT2D eigenvalue weighted by Gasteiger charge is 2.30. The number of rotatable bonds is 2. The van der Waals surface area contributed by atoms with E-state index in [2.05, 4.69) is 0 Å². The highest BCUT2D eigenvalue weighted by Crippen LogP contribution is 2.35. The van der Waals surface area contributed by atoms with Gasteiger partial charge in [0.1, 0.15) is 12.4 Å². The smallest absolute Gasteiger partial charge is 0.312 e. The van der Waals surface area contributed by atoms with Gasteiger partial charge < -0.3 is 9.47 Å². The van der Waals surface area contributed by atoms with Crippen LogP contribution in [0.5, 0.6) is 5.75 Å². The fourth-order valence-corrected chi connectivity index (χ4v) is 2.71. The highest BCUT2D eigenvalue weighted by molar-refractivity contribution is 6.04. The van der Waals surface area contributed by atoms with Crippen LogP contribution in [0.25, 0.3) is 0 Å². The van der Waals surface area contributed by atoms with Crippen LogP contribution in [0.2, 0.25) is 0 Å². The minimum absolute atomic E-state index is 0.0361. The van der Waals surface area contributed by atoms with Crippen molar-refractivity contribution < 1.29 is 19.1 Å². The van der Waals surface area contributed by atoms with Gasteiger partial charge in [0.15, 0.2) is 5.78 Å². The molecule has 1 aliphatic heterocycles. The van der Waals surface area contributed by atoms with Crippen molar-refractivity contribution >= 4 is 11.8 Å². The molecule has 4 heteroatoms. The summed E-state index contributed by atoms with van der Waals surface area (Å²) >= 11 is 0. The van der Waals surface area contributed by atoms with Crippen molar-refractivity contribution in [3.8, 4) is 5.75 Å². The predicted molar refractivity (Wildman–Crippen MR) is 93.5 cm³/mol. The third-order valence-electron chi connectivity index (χ3n) is 4.27. The number of benzene rings is 1. The molecule has 0 spiro atoms. The van der Waals surface area contributed by atoms with Gasteiger partial charge in [-0.1, -0.05) is 24.3 Å². The van der Waals surface area contributed by atoms with Gasteiger partial charge in [0.05, 0.1) is 18.6 Å². The minimum atomic E-state index is -0.667. The van der Waals surface area contributed by atoms with Gasteiger partial charge in [0.2, 0.25) is 0 Å². The molecule has 0 N–H and O–H groups in total. The summed E-state index contributed by atoms with van der Waals surface area (Å²) in [5, 5.41) is 0. The zero-order valence-electron chi connectivity index (χ0n) is 14.9. The van der Waals surface area contributed by atoms with E-state index >= 15 is 0 Å². The summed E-state index contributed by atoms with van der Waals surface area (Å²) in [6, 6.07) is 3.64. The summed E-state index contributed by atoms with van der Waals surface area (Å²) in [7, 11) is 1.36. The first-order valence-electron chi connectivity index (χ1n) is 8.02. The number of hydrogen-bond acceptors (Lipinski definition) is 4. The molecule has 1 atom stereocenters. The van der Waals surface area contributed by atoms with Gasteiger partial charge >= 0.3 is 5.97 Å². The number of carbonyl (C=O) groups excluding carboxylic acids is 2. The molecule has 0 radical (unpaired) electrons. The number of methoxy groups -OCH3 is 1. The monoisotopic (exact) mass is 328 g/mol. The predicted octanol–water partition coefficient (Wildman–Crippen LogP) is 3.99. The number of ether oxygens (including phenoxy) is 2. The van der Waals surface area contributed by atoms with Crippen LogP contribution in [0.4, 0.5) is 0 Å². The first-order chi connectivity index (χ1) is 11.3. The van der Waals surface area contributed by atoms with E-state index < -0.39 is 11.3 Å². The van der Waals surface area contributed by atoms with Crippen molar-refractivity contribution in [2.75, 3.05) is 13.7 Å². The lowest BCUT2D eigenvalue weighted by Crippen LogP contribution is -2.24. The van der Waals surface area contributed by atoms with Gasteiger partial charge in [-0.15, -0.1) is 0 Å². The largest absolute Gasteiger partial charge is 0.488 e. The van der Waals surface area contributed by atoms with Gasteiger partial charge in [-0.2, -0.15) is 0 Å². The molecule has 2 rings (SSSR count). The number of carbonyl (C=O) groups is 2. The second-order valence-corrected chi connectivity index (χ2v) is 6.61. The molecular formula is C20H24O4. The Morgan fingerprint density at radius 3 is 2.67 bits per heavy atom. The Balaban J connectivity index is 2.61. The lowest BCUT2D eigenvalue weighted by atomic mass is 9.81. The molecule has 24 heavy (non-hydrogen) atoms. The fourth-order valence-electron chi connectivity index (χ4n) is 2.71. The number of Topliss-reactive ketones (excluding diaryl/α,β-unsaturated/α-hetero) is 1. The molecule has 0 amide bonds. The van der Waals surface area contributed by atoms with Crippen molar-refractivity contribution in [3.05, 3.63) is 53.1 Å². The number of ketones is 1. The van der Waals surface area contributed by atoms with Crippen LogP contribution in [0.1, 0.15) is 48.2 Å². The van der Waals surface area contributed by atoms with Crippen LogP contribution in [0.15, 0.2) is 36.4 Å². The molecule has 0 aliphatic carbocycles. The molecule has 1 aromatic rings. The van der Waals surface area contributed by atoms with Crippen molar-refractivity contribution in [1.29, 1.82) is 0 Å². The average molecular weight is 328 g/mol. The zero-order valence-corrected chi connectivity index (χ0v) is 14.9. The zero-order chi connectivity index (χ0) is 17.9. The Kier molecular flexibility index (Phi) is 5.27. The van der Waals surface area contributed by atoms with Crippen molar-refractivity contribution in [2.45, 2.75) is 33.6 Å². The number of allylic oxidation sites excluding steroid dienone is 3. The van der Waals surface area contributed by atoms with E-state index in [1.165, 1.54) is 7.11 Å². The normalized spacial score (nSPS) is 20.3. The third kappa shape index (κ3) is 3.58. The van der Waals surface area contributed by atoms with E-state index in [1.54, 1.807) is 13.0 Å². The SMILES string of the molecule is COC(=O)C(C)c1cc(C)c2c(c1)C(=O)C(C)(C)/C=C\C=C/CO2. The van der Waals surface area contributed by atoms with E-state index in [-0.39, 0.29) is 11.8 Å².